The van der Waals surface area contributed by atoms with Gasteiger partial charge < -0.3 is 0 Å². The van der Waals surface area contributed by atoms with E-state index in [0.29, 0.717) is 0 Å². The zero-order valence-corrected chi connectivity index (χ0v) is 7.71. The van der Waals surface area contributed by atoms with Crippen molar-refractivity contribution in [1.82, 2.24) is 4.98 Å². The lowest BCUT2D eigenvalue weighted by Crippen LogP contribution is -2.17. The van der Waals surface area contributed by atoms with Gasteiger partial charge >= 0.3 is 0 Å². The number of aromatic nitrogens is 1. The number of nitrogens with zero attached hydrogens (tertiary/aromatic N) is 1. The number of pyridine rings is 1. The molecule has 70 valence electrons. The standard InChI is InChI=1S/C7H8N2O3S/c1-5(10)6-3-2-4-9-7(6)13(8,11)12/h2-4H,1H3,(H2,8,11,12). The third kappa shape index (κ3) is 2.10. The molecule has 0 bridgehead atoms. The molecule has 1 rings (SSSR count). The molecular weight excluding hydrogens is 192 g/mol. The van der Waals surface area contributed by atoms with Crippen molar-refractivity contribution < 1.29 is 13.2 Å². The number of ketones is 1. The van der Waals surface area contributed by atoms with Crippen molar-refractivity contribution in [3.8, 4) is 0 Å². The third-order valence-corrected chi connectivity index (χ3v) is 2.28. The second-order valence-corrected chi connectivity index (χ2v) is 3.93. The van der Waals surface area contributed by atoms with Crippen LogP contribution in [0.4, 0.5) is 0 Å². The first-order valence-corrected chi connectivity index (χ1v) is 4.96. The maximum Gasteiger partial charge on any atom is 0.256 e. The van der Waals surface area contributed by atoms with E-state index in [4.69, 9.17) is 5.14 Å². The molecule has 0 aliphatic heterocycles. The number of nitrogens with two attached hydrogens (primary N) is 1. The molecule has 0 aliphatic carbocycles. The van der Waals surface area contributed by atoms with E-state index >= 15 is 0 Å². The molecule has 0 fully saturated rings. The number of hydrogen-bond donors (Lipinski definition) is 1. The van der Waals surface area contributed by atoms with Gasteiger partial charge in [-0.2, -0.15) is 0 Å². The summed E-state index contributed by atoms with van der Waals surface area (Å²) in [5.41, 5.74) is 0.0185. The number of sulfonamides is 1. The van der Waals surface area contributed by atoms with Gasteiger partial charge in [0.25, 0.3) is 10.0 Å². The van der Waals surface area contributed by atoms with Gasteiger partial charge in [-0.3, -0.25) is 4.79 Å². The number of carbonyl (C=O) groups is 1. The van der Waals surface area contributed by atoms with E-state index < -0.39 is 10.0 Å². The quantitative estimate of drug-likeness (QED) is 0.676. The molecule has 0 amide bonds. The highest BCUT2D eigenvalue weighted by atomic mass is 32.2. The second-order valence-electron chi connectivity index (χ2n) is 2.46. The summed E-state index contributed by atoms with van der Waals surface area (Å²) in [5.74, 6) is -0.378. The largest absolute Gasteiger partial charge is 0.294 e. The number of carbonyl (C=O) groups excluding carboxylic acids is 1. The summed E-state index contributed by atoms with van der Waals surface area (Å²) in [6.45, 7) is 1.26. The summed E-state index contributed by atoms with van der Waals surface area (Å²) in [7, 11) is -3.91. The van der Waals surface area contributed by atoms with Crippen molar-refractivity contribution in [3.63, 3.8) is 0 Å². The fourth-order valence-electron chi connectivity index (χ4n) is 0.885. The maximum absolute atomic E-state index is 11.0. The van der Waals surface area contributed by atoms with Crippen LogP contribution in [-0.4, -0.2) is 19.2 Å². The SMILES string of the molecule is CC(=O)c1cccnc1S(N)(=O)=O. The first kappa shape index (κ1) is 9.82. The third-order valence-electron chi connectivity index (χ3n) is 1.42. The molecule has 5 nitrogen and oxygen atoms in total. The highest BCUT2D eigenvalue weighted by Gasteiger charge is 2.17. The van der Waals surface area contributed by atoms with Crippen LogP contribution in [0.1, 0.15) is 17.3 Å². The van der Waals surface area contributed by atoms with Crippen LogP contribution in [0, 0.1) is 0 Å². The van der Waals surface area contributed by atoms with Gasteiger partial charge in [-0.25, -0.2) is 18.5 Å². The molecule has 1 heterocycles. The Morgan fingerprint density at radius 1 is 1.54 bits per heavy atom. The van der Waals surface area contributed by atoms with E-state index in [2.05, 4.69) is 4.98 Å². The molecule has 0 aromatic carbocycles. The average molecular weight is 200 g/mol. The van der Waals surface area contributed by atoms with Crippen LogP contribution >= 0.6 is 0 Å². The van der Waals surface area contributed by atoms with E-state index in [1.54, 1.807) is 0 Å². The molecule has 0 aliphatic rings. The Morgan fingerprint density at radius 3 is 2.54 bits per heavy atom. The van der Waals surface area contributed by atoms with Crippen LogP contribution in [0.2, 0.25) is 0 Å². The summed E-state index contributed by atoms with van der Waals surface area (Å²) in [6.07, 6.45) is 1.27. The van der Waals surface area contributed by atoms with Gasteiger partial charge in [0.15, 0.2) is 10.8 Å². The Hall–Kier alpha value is -1.27. The molecule has 0 saturated heterocycles. The van der Waals surface area contributed by atoms with Crippen molar-refractivity contribution in [1.29, 1.82) is 0 Å². The molecule has 2 N–H and O–H groups in total. The fourth-order valence-corrected chi connectivity index (χ4v) is 1.61. The Balaban J connectivity index is 3.46. The van der Waals surface area contributed by atoms with E-state index in [1.165, 1.54) is 25.3 Å². The van der Waals surface area contributed by atoms with Crippen LogP contribution in [0.15, 0.2) is 23.4 Å². The highest BCUT2D eigenvalue weighted by Crippen LogP contribution is 2.10. The summed E-state index contributed by atoms with van der Waals surface area (Å²) in [4.78, 5) is 14.5. The molecule has 6 heteroatoms. The molecule has 13 heavy (non-hydrogen) atoms. The average Bonchev–Trinajstić information content (AvgIpc) is 2.03. The minimum absolute atomic E-state index is 0.0185. The lowest BCUT2D eigenvalue weighted by Gasteiger charge is -2.01. The van der Waals surface area contributed by atoms with Gasteiger partial charge in [0.2, 0.25) is 0 Å². The fraction of sp³-hybridized carbons (Fsp3) is 0.143. The van der Waals surface area contributed by atoms with Crippen LogP contribution in [0.5, 0.6) is 0 Å². The van der Waals surface area contributed by atoms with E-state index in [9.17, 15) is 13.2 Å². The predicted molar refractivity (Wildman–Crippen MR) is 45.6 cm³/mol. The molecule has 0 unspecified atom stereocenters. The van der Waals surface area contributed by atoms with Crippen molar-refractivity contribution in [2.75, 3.05) is 0 Å². The van der Waals surface area contributed by atoms with Gasteiger partial charge in [0.05, 0.1) is 5.56 Å². The Bertz CT molecular complexity index is 439. The van der Waals surface area contributed by atoms with Gasteiger partial charge in [-0.05, 0) is 19.1 Å². The highest BCUT2D eigenvalue weighted by molar-refractivity contribution is 7.89. The summed E-state index contributed by atoms with van der Waals surface area (Å²) in [6, 6.07) is 2.85. The Labute approximate surface area is 75.6 Å². The maximum atomic E-state index is 11.0. The van der Waals surface area contributed by atoms with Gasteiger partial charge in [0.1, 0.15) is 0 Å². The van der Waals surface area contributed by atoms with Crippen LogP contribution in [-0.2, 0) is 10.0 Å². The van der Waals surface area contributed by atoms with Crippen molar-refractivity contribution in [2.45, 2.75) is 11.9 Å². The van der Waals surface area contributed by atoms with Gasteiger partial charge in [-0.15, -0.1) is 0 Å². The topological polar surface area (TPSA) is 90.1 Å². The normalized spacial score (nSPS) is 11.2. The zero-order valence-electron chi connectivity index (χ0n) is 6.89. The van der Waals surface area contributed by atoms with Crippen molar-refractivity contribution in [2.24, 2.45) is 5.14 Å². The molecular formula is C7H8N2O3S. The Kier molecular flexibility index (Phi) is 2.44. The van der Waals surface area contributed by atoms with Crippen molar-refractivity contribution in [3.05, 3.63) is 23.9 Å². The van der Waals surface area contributed by atoms with Crippen LogP contribution < -0.4 is 5.14 Å². The summed E-state index contributed by atoms with van der Waals surface area (Å²) in [5, 5.41) is 4.48. The van der Waals surface area contributed by atoms with Gasteiger partial charge in [-0.1, -0.05) is 0 Å². The summed E-state index contributed by atoms with van der Waals surface area (Å²) < 4.78 is 21.8. The number of Topliss-reactive ketones (excluding diaryl/α,β-unsaturated/α-hetero) is 1. The first-order chi connectivity index (χ1) is 5.93. The molecule has 0 saturated carbocycles. The monoisotopic (exact) mass is 200 g/mol. The minimum Gasteiger partial charge on any atom is -0.294 e. The number of hydrogen-bond acceptors (Lipinski definition) is 4. The predicted octanol–water partition coefficient (Wildman–Crippen LogP) is -0.0684. The second kappa shape index (κ2) is 3.23. The van der Waals surface area contributed by atoms with Gasteiger partial charge in [0, 0.05) is 6.20 Å². The molecule has 0 radical (unpaired) electrons. The molecule has 1 aromatic rings. The lowest BCUT2D eigenvalue weighted by molar-refractivity contribution is 0.101. The van der Waals surface area contributed by atoms with E-state index in [-0.39, 0.29) is 16.4 Å². The smallest absolute Gasteiger partial charge is 0.256 e. The first-order valence-electron chi connectivity index (χ1n) is 3.41. The van der Waals surface area contributed by atoms with Crippen LogP contribution in [0.3, 0.4) is 0 Å². The Morgan fingerprint density at radius 2 is 2.15 bits per heavy atom. The lowest BCUT2D eigenvalue weighted by atomic mass is 10.2. The summed E-state index contributed by atoms with van der Waals surface area (Å²) >= 11 is 0. The van der Waals surface area contributed by atoms with E-state index in [0.717, 1.165) is 0 Å². The molecule has 0 atom stereocenters. The zero-order chi connectivity index (χ0) is 10.1. The molecule has 0 spiro atoms. The molecule has 1 aromatic heterocycles. The number of rotatable bonds is 2. The number of primary sulfonamides is 1. The minimum atomic E-state index is -3.91. The van der Waals surface area contributed by atoms with Crippen LogP contribution in [0.25, 0.3) is 0 Å². The van der Waals surface area contributed by atoms with Crippen molar-refractivity contribution >= 4 is 15.8 Å². The van der Waals surface area contributed by atoms with E-state index in [1.807, 2.05) is 0 Å².